The molecule has 50 nitrogen and oxygen atoms in total. The number of primary amides is 1. The fourth-order valence-electron chi connectivity index (χ4n) is 12.5. The first-order chi connectivity index (χ1) is 61.9. The van der Waals surface area contributed by atoms with E-state index < -0.39 is 235 Å². The van der Waals surface area contributed by atoms with E-state index in [0.29, 0.717) is 16.5 Å². The van der Waals surface area contributed by atoms with Gasteiger partial charge in [0.15, 0.2) is 11.9 Å². The van der Waals surface area contributed by atoms with Crippen molar-refractivity contribution >= 4 is 141 Å². The first kappa shape index (κ1) is 114. The van der Waals surface area contributed by atoms with E-state index in [4.69, 9.17) is 47.3 Å². The van der Waals surface area contributed by atoms with E-state index in [-0.39, 0.29) is 155 Å². The van der Waals surface area contributed by atoms with Gasteiger partial charge in [-0.25, -0.2) is 0 Å². The molecular formula is C81H133N25O25. The lowest BCUT2D eigenvalue weighted by atomic mass is 9.98. The SMILES string of the molecule is CCC[C@H](NC(=O)[C@H](Cc1c[nH]c2ccccc12)NC(=O)[C@H](C)NC(=O)[C@@H](NC(=O)CNC(=O)[C@H](CCC(=O)O)NC(=O)[C@H](CCCCNC(=O)COCCOCCNC(=O)COC)NC(=O)[C@H](C)NC(=O)[C@H](C)NC(=O)[C@H](CCC(N)=O)NC(C)=O)[C@@H](C)CC)C(=O)N[C@H](C(=O)N[C@@H](CCCNC(=N)N)C(=O)NCC(=O)NC(CCCNC(=N)N)C(=O)NCC(=O)O)C(C)C. The summed E-state index contributed by atoms with van der Waals surface area (Å²) in [5.41, 5.74) is 17.2. The van der Waals surface area contributed by atoms with E-state index in [1.165, 1.54) is 27.9 Å². The Labute approximate surface area is 757 Å². The van der Waals surface area contributed by atoms with Crippen molar-refractivity contribution in [2.75, 3.05) is 86.0 Å². The van der Waals surface area contributed by atoms with Gasteiger partial charge in [0, 0.05) is 76.6 Å². The van der Waals surface area contributed by atoms with E-state index in [1.807, 2.05) is 0 Å². The highest BCUT2D eigenvalue weighted by Gasteiger charge is 2.37. The van der Waals surface area contributed by atoms with Crippen molar-refractivity contribution in [3.05, 3.63) is 36.0 Å². The lowest BCUT2D eigenvalue weighted by Crippen LogP contribution is -2.61. The third-order valence-corrected chi connectivity index (χ3v) is 19.7. The van der Waals surface area contributed by atoms with Gasteiger partial charge >= 0.3 is 11.9 Å². The molecule has 732 valence electrons. The second-order valence-electron chi connectivity index (χ2n) is 31.1. The van der Waals surface area contributed by atoms with E-state index in [2.05, 4.69) is 106 Å². The average Bonchev–Trinajstić information content (AvgIpc) is 1.68. The molecule has 0 aliphatic heterocycles. The third kappa shape index (κ3) is 46.9. The number of hydrogen-bond donors (Lipinski definition) is 27. The van der Waals surface area contributed by atoms with Crippen LogP contribution in [0.1, 0.15) is 158 Å². The van der Waals surface area contributed by atoms with Gasteiger partial charge in [-0.15, -0.1) is 0 Å². The normalized spacial score (nSPS) is 13.9. The molecule has 50 heteroatoms. The second-order valence-corrected chi connectivity index (χ2v) is 31.1. The molecule has 30 N–H and O–H groups in total. The lowest BCUT2D eigenvalue weighted by Gasteiger charge is -2.28. The molecule has 1 aromatic carbocycles. The number of fused-ring (bicyclic) bond motifs is 1. The Morgan fingerprint density at radius 2 is 0.840 bits per heavy atom. The summed E-state index contributed by atoms with van der Waals surface area (Å²) in [6.45, 7) is 10.8. The quantitative estimate of drug-likeness (QED) is 0.0166. The maximum absolute atomic E-state index is 14.8. The topological polar surface area (TPSA) is 780 Å². The van der Waals surface area contributed by atoms with Crippen molar-refractivity contribution in [1.82, 2.24) is 106 Å². The summed E-state index contributed by atoms with van der Waals surface area (Å²) < 4.78 is 15.5. The number of ether oxygens (including phenoxy) is 3. The maximum atomic E-state index is 14.8. The number of amides is 18. The summed E-state index contributed by atoms with van der Waals surface area (Å²) in [5, 5.41) is 81.9. The highest BCUT2D eigenvalue weighted by molar-refractivity contribution is 6.01. The number of aromatic amines is 1. The zero-order valence-electron chi connectivity index (χ0n) is 75.6. The zero-order valence-corrected chi connectivity index (χ0v) is 75.6. The number of carboxylic acid groups (broad SMARTS) is 2. The van der Waals surface area contributed by atoms with Crippen molar-refractivity contribution in [3.8, 4) is 0 Å². The number of rotatable bonds is 66. The van der Waals surface area contributed by atoms with Crippen LogP contribution in [-0.4, -0.2) is 304 Å². The van der Waals surface area contributed by atoms with Crippen LogP contribution in [0.3, 0.4) is 0 Å². The number of carbonyl (C=O) groups is 20. The maximum Gasteiger partial charge on any atom is 0.322 e. The van der Waals surface area contributed by atoms with E-state index >= 15 is 0 Å². The fourth-order valence-corrected chi connectivity index (χ4v) is 12.5. The Bertz CT molecular complexity index is 4210. The third-order valence-electron chi connectivity index (χ3n) is 19.7. The van der Waals surface area contributed by atoms with Gasteiger partial charge in [0.25, 0.3) is 0 Å². The van der Waals surface area contributed by atoms with Crippen molar-refractivity contribution in [2.24, 2.45) is 29.0 Å². The summed E-state index contributed by atoms with van der Waals surface area (Å²) >= 11 is 0. The van der Waals surface area contributed by atoms with Crippen molar-refractivity contribution in [3.63, 3.8) is 0 Å². The number of guanidine groups is 2. The van der Waals surface area contributed by atoms with Crippen LogP contribution in [0.5, 0.6) is 0 Å². The number of nitrogens with two attached hydrogens (primary N) is 3. The number of carbonyl (C=O) groups excluding carboxylic acids is 18. The monoisotopic (exact) mass is 1860 g/mol. The van der Waals surface area contributed by atoms with Gasteiger partial charge < -0.3 is 148 Å². The van der Waals surface area contributed by atoms with Crippen LogP contribution in [0.2, 0.25) is 0 Å². The summed E-state index contributed by atoms with van der Waals surface area (Å²) in [5.74, 6) is -20.3. The number of aliphatic carboxylic acids is 2. The minimum atomic E-state index is -1.73. The molecule has 1 heterocycles. The molecule has 0 saturated heterocycles. The molecule has 0 aliphatic rings. The van der Waals surface area contributed by atoms with Crippen molar-refractivity contribution in [2.45, 2.75) is 231 Å². The first-order valence-corrected chi connectivity index (χ1v) is 42.9. The molecule has 2 rings (SSSR count). The molecule has 0 saturated carbocycles. The summed E-state index contributed by atoms with van der Waals surface area (Å²) in [6, 6.07) is -10.3. The highest BCUT2D eigenvalue weighted by atomic mass is 16.5. The summed E-state index contributed by atoms with van der Waals surface area (Å²) in [6.07, 6.45) is 0.178. The molecule has 18 amide bonds. The number of nitrogens with one attached hydrogen (secondary N) is 22. The van der Waals surface area contributed by atoms with Gasteiger partial charge in [0.05, 0.1) is 32.9 Å². The standard InChI is InChI=1S/C81H133N25O25/c1-11-19-52(76(125)106-66(43(3)4)78(127)103-54(24-18-31-90-81(85)86)72(121)92-38-60(109)99-53(23-17-30-89-80(83)84)71(120)94-40-65(115)116)101-77(126)58(36-49-37-91-51-21-14-13-20-50(49)51)104-70(119)47(8)97-79(128)67(44(5)12-2)105-61(110)39-93-73(122)56(26-28-64(113)114)102-75(124)55(22-15-16-29-87-63(112)42-131-35-34-130-33-32-88-62(111)41-129-10)100-69(118)46(7)95-68(117)45(6)96-74(123)57(98-48(9)107)25-27-59(82)108/h13-14,20-21,37,43-47,52-58,66-67,91H,11-12,15-19,22-36,38-42H2,1-10H3,(H2,82,108)(H,87,112)(H,88,111)(H,92,121)(H,93,122)(H,94,120)(H,95,117)(H,96,123)(H,97,128)(H,98,107)(H,99,109)(H,100,118)(H,101,126)(H,102,124)(H,103,127)(H,104,119)(H,105,110)(H,106,125)(H,113,114)(H,115,116)(H4,83,84,89)(H4,85,86,90)/t44-,45-,46-,47-,52-,53?,54-,55-,56-,57-,58-,66-,67-/m0/s1. The number of unbranched alkanes of at least 4 members (excludes halogenated alkanes) is 1. The van der Waals surface area contributed by atoms with Gasteiger partial charge in [-0.2, -0.15) is 0 Å². The minimum Gasteiger partial charge on any atom is -0.481 e. The zero-order chi connectivity index (χ0) is 98.4. The van der Waals surface area contributed by atoms with Crippen LogP contribution in [-0.2, 0) is 117 Å². The van der Waals surface area contributed by atoms with E-state index in [1.54, 1.807) is 65.1 Å². The average molecular weight is 1860 g/mol. The molecule has 131 heavy (non-hydrogen) atoms. The predicted molar refractivity (Wildman–Crippen MR) is 471 cm³/mol. The van der Waals surface area contributed by atoms with Gasteiger partial charge in [0.2, 0.25) is 106 Å². The number of benzene rings is 1. The minimum absolute atomic E-state index is 0.0258. The van der Waals surface area contributed by atoms with Crippen LogP contribution in [0.15, 0.2) is 30.5 Å². The summed E-state index contributed by atoms with van der Waals surface area (Å²) in [7, 11) is 1.37. The number of hydrogen-bond acceptors (Lipinski definition) is 25. The van der Waals surface area contributed by atoms with Crippen LogP contribution in [0.4, 0.5) is 0 Å². The Morgan fingerprint density at radius 3 is 1.39 bits per heavy atom. The number of methoxy groups -OCH3 is 1. The number of para-hydroxylation sites is 1. The van der Waals surface area contributed by atoms with Gasteiger partial charge in [0.1, 0.15) is 92.3 Å². The molecule has 13 atom stereocenters. The molecule has 0 radical (unpaired) electrons. The molecule has 0 aliphatic carbocycles. The lowest BCUT2D eigenvalue weighted by molar-refractivity contribution is -0.139. The van der Waals surface area contributed by atoms with Gasteiger partial charge in [-0.05, 0) is 108 Å². The Kier molecular flexibility index (Phi) is 53.7. The van der Waals surface area contributed by atoms with Gasteiger partial charge in [-0.3, -0.25) is 107 Å². The smallest absolute Gasteiger partial charge is 0.322 e. The molecule has 2 aromatic rings. The fraction of sp³-hybridized carbons (Fsp3) is 0.630. The predicted octanol–water partition coefficient (Wildman–Crippen LogP) is -7.72. The van der Waals surface area contributed by atoms with Crippen LogP contribution in [0.25, 0.3) is 10.9 Å². The second kappa shape index (κ2) is 61.9. The summed E-state index contributed by atoms with van der Waals surface area (Å²) in [4.78, 5) is 269. The Hall–Kier alpha value is -13.4. The largest absolute Gasteiger partial charge is 0.481 e. The molecular weight excluding hydrogens is 1720 g/mol. The van der Waals surface area contributed by atoms with Crippen molar-refractivity contribution < 1.29 is 120 Å². The molecule has 1 unspecified atom stereocenters. The number of carboxylic acids is 2. The van der Waals surface area contributed by atoms with Gasteiger partial charge in [-0.1, -0.05) is 65.7 Å². The molecule has 1 aromatic heterocycles. The molecule has 0 spiro atoms. The Morgan fingerprint density at radius 1 is 0.405 bits per heavy atom. The molecule has 0 fully saturated rings. The highest BCUT2D eigenvalue weighted by Crippen LogP contribution is 2.20. The van der Waals surface area contributed by atoms with Crippen LogP contribution < -0.4 is 118 Å². The van der Waals surface area contributed by atoms with Crippen LogP contribution >= 0.6 is 0 Å². The van der Waals surface area contributed by atoms with E-state index in [0.717, 1.165) is 6.92 Å². The number of aromatic nitrogens is 1. The molecule has 0 bridgehead atoms. The number of H-pyrrole nitrogens is 1. The van der Waals surface area contributed by atoms with E-state index in [9.17, 15) is 101 Å². The van der Waals surface area contributed by atoms with Crippen molar-refractivity contribution in [1.29, 1.82) is 10.8 Å². The first-order valence-electron chi connectivity index (χ1n) is 42.9. The van der Waals surface area contributed by atoms with Crippen LogP contribution in [0, 0.1) is 22.7 Å². The Balaban J connectivity index is 2.42.